The van der Waals surface area contributed by atoms with Crippen molar-refractivity contribution in [2.45, 2.75) is 38.6 Å². The summed E-state index contributed by atoms with van der Waals surface area (Å²) in [5.74, 6) is 0.712. The van der Waals surface area contributed by atoms with Crippen molar-refractivity contribution in [3.63, 3.8) is 0 Å². The van der Waals surface area contributed by atoms with Crippen molar-refractivity contribution >= 4 is 23.4 Å². The lowest BCUT2D eigenvalue weighted by molar-refractivity contribution is -0.140. The lowest BCUT2D eigenvalue weighted by atomic mass is 9.83. The predicted octanol–water partition coefficient (Wildman–Crippen LogP) is 2.74. The summed E-state index contributed by atoms with van der Waals surface area (Å²) in [6, 6.07) is 7.81. The molecule has 0 aliphatic carbocycles. The first-order valence-electron chi connectivity index (χ1n) is 8.34. The number of halogens is 1. The summed E-state index contributed by atoms with van der Waals surface area (Å²) in [7, 11) is 0. The van der Waals surface area contributed by atoms with Crippen LogP contribution >= 0.6 is 11.6 Å². The van der Waals surface area contributed by atoms with Gasteiger partial charge in [0.05, 0.1) is 6.42 Å². The van der Waals surface area contributed by atoms with E-state index in [-0.39, 0.29) is 17.9 Å². The molecule has 2 saturated heterocycles. The summed E-state index contributed by atoms with van der Waals surface area (Å²) in [6.07, 6.45) is 3.36. The number of fused-ring (bicyclic) bond motifs is 1. The summed E-state index contributed by atoms with van der Waals surface area (Å²) in [6.45, 7) is 4.00. The number of hydrogen-bond acceptors (Lipinski definition) is 2. The van der Waals surface area contributed by atoms with Crippen LogP contribution in [0.5, 0.6) is 0 Å². The second-order valence-electron chi connectivity index (χ2n) is 6.58. The minimum atomic E-state index is 0.142. The van der Waals surface area contributed by atoms with Crippen LogP contribution in [0.4, 0.5) is 0 Å². The van der Waals surface area contributed by atoms with E-state index in [2.05, 4.69) is 0 Å². The molecule has 2 atom stereocenters. The van der Waals surface area contributed by atoms with E-state index in [1.54, 1.807) is 6.92 Å². The number of amides is 2. The number of piperidine rings is 2. The zero-order chi connectivity index (χ0) is 16.4. The van der Waals surface area contributed by atoms with Gasteiger partial charge in [0, 0.05) is 37.6 Å². The number of rotatable bonds is 2. The van der Waals surface area contributed by atoms with Crippen LogP contribution in [-0.2, 0) is 16.0 Å². The SMILES string of the molecule is CC(=O)N1CC[C@H]2[C@H](CCCN2C(=O)Cc2ccccc2Cl)C1. The lowest BCUT2D eigenvalue weighted by Gasteiger charge is -2.47. The minimum absolute atomic E-state index is 0.142. The normalized spacial score (nSPS) is 24.3. The predicted molar refractivity (Wildman–Crippen MR) is 90.3 cm³/mol. The van der Waals surface area contributed by atoms with Gasteiger partial charge in [-0.05, 0) is 36.8 Å². The summed E-state index contributed by atoms with van der Waals surface area (Å²) in [4.78, 5) is 28.3. The Morgan fingerprint density at radius 1 is 1.22 bits per heavy atom. The first-order valence-corrected chi connectivity index (χ1v) is 8.72. The standard InChI is InChI=1S/C18H23ClN2O2/c1-13(22)20-10-8-17-15(12-20)6-4-9-21(17)18(23)11-14-5-2-3-7-16(14)19/h2-3,5,7,15,17H,4,6,8-12H2,1H3/t15-,17+/m1/s1. The third-order valence-corrected chi connectivity index (χ3v) is 5.50. The van der Waals surface area contributed by atoms with E-state index < -0.39 is 0 Å². The third-order valence-electron chi connectivity index (χ3n) is 5.13. The second-order valence-corrected chi connectivity index (χ2v) is 6.99. The fourth-order valence-electron chi connectivity index (χ4n) is 3.91. The van der Waals surface area contributed by atoms with E-state index in [1.807, 2.05) is 34.1 Å². The van der Waals surface area contributed by atoms with Gasteiger partial charge in [0.1, 0.15) is 0 Å². The molecule has 1 aromatic carbocycles. The van der Waals surface area contributed by atoms with E-state index >= 15 is 0 Å². The van der Waals surface area contributed by atoms with Crippen LogP contribution in [0.2, 0.25) is 5.02 Å². The highest BCUT2D eigenvalue weighted by atomic mass is 35.5. The smallest absolute Gasteiger partial charge is 0.227 e. The fraction of sp³-hybridized carbons (Fsp3) is 0.556. The van der Waals surface area contributed by atoms with Gasteiger partial charge >= 0.3 is 0 Å². The molecular weight excluding hydrogens is 312 g/mol. The van der Waals surface area contributed by atoms with Gasteiger partial charge in [-0.3, -0.25) is 9.59 Å². The highest BCUT2D eigenvalue weighted by Crippen LogP contribution is 2.31. The maximum atomic E-state index is 12.8. The Morgan fingerprint density at radius 2 is 2.00 bits per heavy atom. The number of nitrogens with zero attached hydrogens (tertiary/aromatic N) is 2. The molecule has 1 aromatic rings. The van der Waals surface area contributed by atoms with Gasteiger partial charge in [-0.15, -0.1) is 0 Å². The molecule has 0 radical (unpaired) electrons. The van der Waals surface area contributed by atoms with Crippen molar-refractivity contribution in [3.05, 3.63) is 34.9 Å². The molecule has 3 rings (SSSR count). The minimum Gasteiger partial charge on any atom is -0.343 e. The Balaban J connectivity index is 1.69. The summed E-state index contributed by atoms with van der Waals surface area (Å²) in [5, 5.41) is 0.654. The second kappa shape index (κ2) is 6.91. The Kier molecular flexibility index (Phi) is 4.90. The quantitative estimate of drug-likeness (QED) is 0.834. The number of likely N-dealkylation sites (tertiary alicyclic amines) is 2. The Hall–Kier alpha value is -1.55. The van der Waals surface area contributed by atoms with Gasteiger partial charge in [0.15, 0.2) is 0 Å². The van der Waals surface area contributed by atoms with E-state index in [0.29, 0.717) is 17.4 Å². The molecular formula is C18H23ClN2O2. The number of carbonyl (C=O) groups excluding carboxylic acids is 2. The van der Waals surface area contributed by atoms with Crippen molar-refractivity contribution < 1.29 is 9.59 Å². The highest BCUT2D eigenvalue weighted by molar-refractivity contribution is 6.31. The average molecular weight is 335 g/mol. The largest absolute Gasteiger partial charge is 0.343 e. The Bertz CT molecular complexity index is 604. The topological polar surface area (TPSA) is 40.6 Å². The van der Waals surface area contributed by atoms with E-state index in [9.17, 15) is 9.59 Å². The maximum absolute atomic E-state index is 12.8. The van der Waals surface area contributed by atoms with Gasteiger partial charge in [-0.25, -0.2) is 0 Å². The molecule has 0 bridgehead atoms. The summed E-state index contributed by atoms with van der Waals surface area (Å²) >= 11 is 6.18. The van der Waals surface area contributed by atoms with Crippen LogP contribution in [0, 0.1) is 5.92 Å². The number of hydrogen-bond donors (Lipinski definition) is 0. The fourth-order valence-corrected chi connectivity index (χ4v) is 4.11. The van der Waals surface area contributed by atoms with Crippen LogP contribution in [0.25, 0.3) is 0 Å². The lowest BCUT2D eigenvalue weighted by Crippen LogP contribution is -2.56. The van der Waals surface area contributed by atoms with Crippen molar-refractivity contribution in [1.82, 2.24) is 9.80 Å². The third kappa shape index (κ3) is 3.52. The molecule has 0 saturated carbocycles. The molecule has 2 aliphatic rings. The first-order chi connectivity index (χ1) is 11.1. The van der Waals surface area contributed by atoms with E-state index in [4.69, 9.17) is 11.6 Å². The molecule has 0 N–H and O–H groups in total. The monoisotopic (exact) mass is 334 g/mol. The van der Waals surface area contributed by atoms with Gasteiger partial charge in [0.2, 0.25) is 11.8 Å². The first kappa shape index (κ1) is 16.3. The number of benzene rings is 1. The van der Waals surface area contributed by atoms with Gasteiger partial charge in [-0.1, -0.05) is 29.8 Å². The Morgan fingerprint density at radius 3 is 2.74 bits per heavy atom. The van der Waals surface area contributed by atoms with Crippen LogP contribution < -0.4 is 0 Å². The van der Waals surface area contributed by atoms with Crippen LogP contribution in [0.3, 0.4) is 0 Å². The molecule has 5 heteroatoms. The zero-order valence-corrected chi connectivity index (χ0v) is 14.3. The Labute approximate surface area is 142 Å². The van der Waals surface area contributed by atoms with Crippen LogP contribution in [0.15, 0.2) is 24.3 Å². The number of carbonyl (C=O) groups is 2. The molecule has 2 fully saturated rings. The average Bonchev–Trinajstić information content (AvgIpc) is 2.55. The molecule has 2 heterocycles. The molecule has 2 aliphatic heterocycles. The molecule has 23 heavy (non-hydrogen) atoms. The van der Waals surface area contributed by atoms with E-state index in [0.717, 1.165) is 44.5 Å². The maximum Gasteiger partial charge on any atom is 0.227 e. The van der Waals surface area contributed by atoms with Crippen molar-refractivity contribution in [2.75, 3.05) is 19.6 Å². The molecule has 0 spiro atoms. The summed E-state index contributed by atoms with van der Waals surface area (Å²) in [5.41, 5.74) is 0.891. The highest BCUT2D eigenvalue weighted by Gasteiger charge is 2.38. The van der Waals surface area contributed by atoms with Gasteiger partial charge in [-0.2, -0.15) is 0 Å². The van der Waals surface area contributed by atoms with Crippen LogP contribution in [-0.4, -0.2) is 47.3 Å². The zero-order valence-electron chi connectivity index (χ0n) is 13.5. The molecule has 124 valence electrons. The van der Waals surface area contributed by atoms with Crippen LogP contribution in [0.1, 0.15) is 31.7 Å². The van der Waals surface area contributed by atoms with E-state index in [1.165, 1.54) is 0 Å². The molecule has 2 amide bonds. The van der Waals surface area contributed by atoms with Crippen molar-refractivity contribution in [2.24, 2.45) is 5.92 Å². The summed E-state index contributed by atoms with van der Waals surface area (Å²) < 4.78 is 0. The molecule has 4 nitrogen and oxygen atoms in total. The van der Waals surface area contributed by atoms with Gasteiger partial charge in [0.25, 0.3) is 0 Å². The molecule has 0 aromatic heterocycles. The van der Waals surface area contributed by atoms with Crippen molar-refractivity contribution in [1.29, 1.82) is 0 Å². The molecule has 0 unspecified atom stereocenters. The van der Waals surface area contributed by atoms with Crippen molar-refractivity contribution in [3.8, 4) is 0 Å². The van der Waals surface area contributed by atoms with Gasteiger partial charge < -0.3 is 9.80 Å².